The fourth-order valence-corrected chi connectivity index (χ4v) is 1.62. The highest BCUT2D eigenvalue weighted by molar-refractivity contribution is 6.32. The predicted octanol–water partition coefficient (Wildman–Crippen LogP) is 3.17. The van der Waals surface area contributed by atoms with E-state index in [0.717, 1.165) is 12.2 Å². The minimum absolute atomic E-state index is 0.193. The van der Waals surface area contributed by atoms with Crippen LogP contribution in [0.1, 0.15) is 12.6 Å². The summed E-state index contributed by atoms with van der Waals surface area (Å²) in [5.41, 5.74) is 0.819. The molecule has 0 aliphatic heterocycles. The van der Waals surface area contributed by atoms with Crippen LogP contribution < -0.4 is 10.1 Å². The van der Waals surface area contributed by atoms with E-state index in [9.17, 15) is 4.39 Å². The van der Waals surface area contributed by atoms with Gasteiger partial charge in [-0.3, -0.25) is 4.98 Å². The summed E-state index contributed by atoms with van der Waals surface area (Å²) in [6.45, 7) is 3.54. The van der Waals surface area contributed by atoms with Gasteiger partial charge in [0.1, 0.15) is 11.6 Å². The summed E-state index contributed by atoms with van der Waals surface area (Å²) in [4.78, 5) is 8.31. The molecule has 1 aromatic heterocycles. The van der Waals surface area contributed by atoms with Gasteiger partial charge in [0.25, 0.3) is 0 Å². The average molecular weight is 282 g/mol. The summed E-state index contributed by atoms with van der Waals surface area (Å²) in [6.07, 6.45) is 3.13. The normalized spacial score (nSPS) is 10.5. The van der Waals surface area contributed by atoms with Crippen LogP contribution in [0.15, 0.2) is 30.6 Å². The molecule has 0 fully saturated rings. The van der Waals surface area contributed by atoms with Crippen LogP contribution in [0.25, 0.3) is 0 Å². The van der Waals surface area contributed by atoms with Gasteiger partial charge in [-0.1, -0.05) is 18.5 Å². The molecule has 19 heavy (non-hydrogen) atoms. The van der Waals surface area contributed by atoms with E-state index in [0.29, 0.717) is 18.2 Å². The number of halogens is 2. The predicted molar refractivity (Wildman–Crippen MR) is 70.9 cm³/mol. The zero-order valence-corrected chi connectivity index (χ0v) is 11.1. The molecule has 0 aliphatic carbocycles. The van der Waals surface area contributed by atoms with Crippen LogP contribution in [0.3, 0.4) is 0 Å². The van der Waals surface area contributed by atoms with Crippen molar-refractivity contribution in [3.8, 4) is 11.6 Å². The lowest BCUT2D eigenvalue weighted by Crippen LogP contribution is -2.13. The second-order valence-corrected chi connectivity index (χ2v) is 4.21. The molecule has 2 rings (SSSR count). The molecule has 0 saturated heterocycles. The van der Waals surface area contributed by atoms with E-state index in [4.69, 9.17) is 16.3 Å². The molecular formula is C13H13ClFN3O. The highest BCUT2D eigenvalue weighted by Gasteiger charge is 2.06. The molecule has 2 aromatic rings. The maximum Gasteiger partial charge on any atom is 0.237 e. The van der Waals surface area contributed by atoms with Gasteiger partial charge in [0.05, 0.1) is 23.1 Å². The van der Waals surface area contributed by atoms with Gasteiger partial charge in [-0.25, -0.2) is 9.37 Å². The van der Waals surface area contributed by atoms with Crippen LogP contribution in [0.5, 0.6) is 11.6 Å². The Labute approximate surface area is 115 Å². The molecule has 1 aromatic carbocycles. The Morgan fingerprint density at radius 1 is 1.32 bits per heavy atom. The smallest absolute Gasteiger partial charge is 0.237 e. The fourth-order valence-electron chi connectivity index (χ4n) is 1.41. The van der Waals surface area contributed by atoms with Crippen LogP contribution in [-0.2, 0) is 6.54 Å². The first-order chi connectivity index (χ1) is 9.19. The van der Waals surface area contributed by atoms with Crippen LogP contribution in [0.2, 0.25) is 5.02 Å². The number of hydrogen-bond acceptors (Lipinski definition) is 4. The Balaban J connectivity index is 2.06. The van der Waals surface area contributed by atoms with Gasteiger partial charge in [0.2, 0.25) is 5.88 Å². The third-order valence-corrected chi connectivity index (χ3v) is 2.64. The molecule has 0 bridgehead atoms. The Morgan fingerprint density at radius 2 is 2.16 bits per heavy atom. The van der Waals surface area contributed by atoms with Gasteiger partial charge in [-0.05, 0) is 24.7 Å². The summed E-state index contributed by atoms with van der Waals surface area (Å²) in [5.74, 6) is 0.245. The minimum atomic E-state index is -0.413. The van der Waals surface area contributed by atoms with Crippen LogP contribution in [0.4, 0.5) is 4.39 Å². The SMILES string of the molecule is CCNCc1cnc(Oc2ccc(F)cc2Cl)cn1. The first-order valence-electron chi connectivity index (χ1n) is 5.83. The van der Waals surface area contributed by atoms with Crippen molar-refractivity contribution in [1.29, 1.82) is 0 Å². The number of hydrogen-bond donors (Lipinski definition) is 1. The van der Waals surface area contributed by atoms with Gasteiger partial charge in [0.15, 0.2) is 0 Å². The molecule has 1 heterocycles. The van der Waals surface area contributed by atoms with E-state index in [1.807, 2.05) is 6.92 Å². The zero-order valence-electron chi connectivity index (χ0n) is 10.4. The molecule has 0 spiro atoms. The Hall–Kier alpha value is -1.72. The van der Waals surface area contributed by atoms with Crippen LogP contribution >= 0.6 is 11.6 Å². The summed E-state index contributed by atoms with van der Waals surface area (Å²) in [7, 11) is 0. The van der Waals surface area contributed by atoms with Gasteiger partial charge < -0.3 is 10.1 Å². The molecular weight excluding hydrogens is 269 g/mol. The average Bonchev–Trinajstić information content (AvgIpc) is 2.41. The number of nitrogens with one attached hydrogen (secondary N) is 1. The third kappa shape index (κ3) is 3.87. The maximum absolute atomic E-state index is 12.9. The van der Waals surface area contributed by atoms with Crippen molar-refractivity contribution < 1.29 is 9.13 Å². The lowest BCUT2D eigenvalue weighted by Gasteiger charge is -2.07. The molecule has 100 valence electrons. The van der Waals surface area contributed by atoms with Gasteiger partial charge in [0, 0.05) is 6.54 Å². The number of benzene rings is 1. The van der Waals surface area contributed by atoms with Crippen LogP contribution in [-0.4, -0.2) is 16.5 Å². The Morgan fingerprint density at radius 3 is 2.79 bits per heavy atom. The van der Waals surface area contributed by atoms with E-state index >= 15 is 0 Å². The van der Waals surface area contributed by atoms with E-state index in [-0.39, 0.29) is 5.02 Å². The van der Waals surface area contributed by atoms with Gasteiger partial charge in [-0.2, -0.15) is 0 Å². The van der Waals surface area contributed by atoms with Gasteiger partial charge >= 0.3 is 0 Å². The maximum atomic E-state index is 12.9. The largest absolute Gasteiger partial charge is 0.436 e. The van der Waals surface area contributed by atoms with Crippen molar-refractivity contribution in [3.05, 3.63) is 47.1 Å². The van der Waals surface area contributed by atoms with Gasteiger partial charge in [-0.15, -0.1) is 0 Å². The van der Waals surface area contributed by atoms with Crippen molar-refractivity contribution in [1.82, 2.24) is 15.3 Å². The highest BCUT2D eigenvalue weighted by atomic mass is 35.5. The second kappa shape index (κ2) is 6.45. The van der Waals surface area contributed by atoms with E-state index in [1.54, 1.807) is 6.20 Å². The third-order valence-electron chi connectivity index (χ3n) is 2.35. The number of rotatable bonds is 5. The standard InChI is InChI=1S/C13H13ClFN3O/c1-2-16-6-10-7-18-13(8-17-10)19-12-4-3-9(15)5-11(12)14/h3-5,7-8,16H,2,6H2,1H3. The monoisotopic (exact) mass is 281 g/mol. The number of aromatic nitrogens is 2. The topological polar surface area (TPSA) is 47.0 Å². The van der Waals surface area contributed by atoms with E-state index in [2.05, 4.69) is 15.3 Å². The molecule has 0 radical (unpaired) electrons. The molecule has 6 heteroatoms. The summed E-state index contributed by atoms with van der Waals surface area (Å²) in [6, 6.07) is 3.91. The van der Waals surface area contributed by atoms with Crippen LogP contribution in [0, 0.1) is 5.82 Å². The summed E-state index contributed by atoms with van der Waals surface area (Å²) < 4.78 is 18.3. The molecule has 0 unspecified atom stereocenters. The quantitative estimate of drug-likeness (QED) is 0.914. The highest BCUT2D eigenvalue weighted by Crippen LogP contribution is 2.28. The molecule has 0 aliphatic rings. The lowest BCUT2D eigenvalue weighted by molar-refractivity contribution is 0.457. The van der Waals surface area contributed by atoms with Crippen molar-refractivity contribution >= 4 is 11.6 Å². The molecule has 4 nitrogen and oxygen atoms in total. The van der Waals surface area contributed by atoms with Crippen molar-refractivity contribution in [2.24, 2.45) is 0 Å². The molecule has 0 saturated carbocycles. The van der Waals surface area contributed by atoms with E-state index < -0.39 is 5.82 Å². The zero-order chi connectivity index (χ0) is 13.7. The fraction of sp³-hybridized carbons (Fsp3) is 0.231. The first kappa shape index (κ1) is 13.7. The Kier molecular flexibility index (Phi) is 4.65. The summed E-state index contributed by atoms with van der Waals surface area (Å²) in [5, 5.41) is 3.34. The lowest BCUT2D eigenvalue weighted by atomic mass is 10.3. The number of nitrogens with zero attached hydrogens (tertiary/aromatic N) is 2. The van der Waals surface area contributed by atoms with Crippen molar-refractivity contribution in [2.75, 3.05) is 6.54 Å². The van der Waals surface area contributed by atoms with E-state index in [1.165, 1.54) is 24.4 Å². The molecule has 0 atom stereocenters. The van der Waals surface area contributed by atoms with Crippen molar-refractivity contribution in [3.63, 3.8) is 0 Å². The second-order valence-electron chi connectivity index (χ2n) is 3.80. The minimum Gasteiger partial charge on any atom is -0.436 e. The molecule has 1 N–H and O–H groups in total. The number of ether oxygens (including phenoxy) is 1. The summed E-state index contributed by atoms with van der Waals surface area (Å²) >= 11 is 5.86. The molecule has 0 amide bonds. The first-order valence-corrected chi connectivity index (χ1v) is 6.21. The Bertz CT molecular complexity index is 548. The van der Waals surface area contributed by atoms with Crippen molar-refractivity contribution in [2.45, 2.75) is 13.5 Å².